The standard InChI is InChI=1S/C16H22N2O2S/c19-16(8-12-21-15-7-3-4-9-17-15)18-10-11-20-14-6-2-1-5-13(14)18/h3-4,7,9,13-14H,1-2,5-6,8,10-12H2/t13-,14+/m0/s1. The van der Waals surface area contributed by atoms with Gasteiger partial charge in [0.15, 0.2) is 0 Å². The number of thioether (sulfide) groups is 1. The fraction of sp³-hybridized carbons (Fsp3) is 0.625. The summed E-state index contributed by atoms with van der Waals surface area (Å²) in [6.07, 6.45) is 7.32. The number of carbonyl (C=O) groups is 1. The summed E-state index contributed by atoms with van der Waals surface area (Å²) in [5, 5.41) is 0.989. The van der Waals surface area contributed by atoms with Crippen LogP contribution in [0.2, 0.25) is 0 Å². The lowest BCUT2D eigenvalue weighted by Gasteiger charge is -2.43. The minimum absolute atomic E-state index is 0.277. The Bertz CT molecular complexity index is 467. The Hall–Kier alpha value is -1.07. The van der Waals surface area contributed by atoms with E-state index >= 15 is 0 Å². The monoisotopic (exact) mass is 306 g/mol. The summed E-state index contributed by atoms with van der Waals surface area (Å²) in [5.41, 5.74) is 0. The molecule has 5 heteroatoms. The summed E-state index contributed by atoms with van der Waals surface area (Å²) < 4.78 is 5.83. The Morgan fingerprint density at radius 2 is 2.29 bits per heavy atom. The highest BCUT2D eigenvalue weighted by Gasteiger charge is 2.36. The molecule has 1 amide bonds. The van der Waals surface area contributed by atoms with Gasteiger partial charge in [-0.3, -0.25) is 4.79 Å². The first kappa shape index (κ1) is 14.9. The number of rotatable bonds is 4. The Morgan fingerprint density at radius 3 is 3.14 bits per heavy atom. The summed E-state index contributed by atoms with van der Waals surface area (Å²) in [6.45, 7) is 1.45. The topological polar surface area (TPSA) is 42.4 Å². The summed E-state index contributed by atoms with van der Waals surface area (Å²) in [4.78, 5) is 18.8. The number of morpholine rings is 1. The van der Waals surface area contributed by atoms with Crippen LogP contribution in [0.25, 0.3) is 0 Å². The molecule has 4 nitrogen and oxygen atoms in total. The number of amides is 1. The SMILES string of the molecule is O=C(CCSc1ccccn1)N1CCO[C@@H]2CCCC[C@@H]21. The highest BCUT2D eigenvalue weighted by Crippen LogP contribution is 2.29. The Kier molecular flexibility index (Phi) is 5.14. The third-order valence-corrected chi connectivity index (χ3v) is 5.20. The van der Waals surface area contributed by atoms with Gasteiger partial charge in [0.2, 0.25) is 5.91 Å². The molecule has 0 radical (unpaired) electrons. The van der Waals surface area contributed by atoms with Crippen LogP contribution in [-0.4, -0.2) is 46.8 Å². The van der Waals surface area contributed by atoms with Crippen molar-refractivity contribution in [2.24, 2.45) is 0 Å². The van der Waals surface area contributed by atoms with E-state index in [1.54, 1.807) is 18.0 Å². The van der Waals surface area contributed by atoms with E-state index in [1.807, 2.05) is 18.2 Å². The number of carbonyl (C=O) groups excluding carboxylic acids is 1. The summed E-state index contributed by atoms with van der Waals surface area (Å²) in [7, 11) is 0. The molecule has 1 aromatic heterocycles. The van der Waals surface area contributed by atoms with Gasteiger partial charge in [-0.15, -0.1) is 11.8 Å². The highest BCUT2D eigenvalue weighted by atomic mass is 32.2. The van der Waals surface area contributed by atoms with Crippen LogP contribution < -0.4 is 0 Å². The third kappa shape index (κ3) is 3.77. The normalized spacial score (nSPS) is 25.4. The van der Waals surface area contributed by atoms with Gasteiger partial charge in [0, 0.05) is 24.9 Å². The molecule has 114 valence electrons. The van der Waals surface area contributed by atoms with Gasteiger partial charge in [-0.05, 0) is 25.0 Å². The lowest BCUT2D eigenvalue weighted by atomic mass is 9.90. The van der Waals surface area contributed by atoms with Gasteiger partial charge in [-0.2, -0.15) is 0 Å². The van der Waals surface area contributed by atoms with Crippen LogP contribution in [0, 0.1) is 0 Å². The van der Waals surface area contributed by atoms with E-state index in [0.29, 0.717) is 19.1 Å². The molecule has 2 aliphatic rings. The Labute approximate surface area is 130 Å². The fourth-order valence-corrected chi connectivity index (χ4v) is 4.02. The minimum Gasteiger partial charge on any atom is -0.374 e. The van der Waals surface area contributed by atoms with Gasteiger partial charge in [0.1, 0.15) is 0 Å². The van der Waals surface area contributed by atoms with E-state index < -0.39 is 0 Å². The van der Waals surface area contributed by atoms with Crippen molar-refractivity contribution in [1.82, 2.24) is 9.88 Å². The highest BCUT2D eigenvalue weighted by molar-refractivity contribution is 7.99. The van der Waals surface area contributed by atoms with Gasteiger partial charge in [0.25, 0.3) is 0 Å². The zero-order chi connectivity index (χ0) is 14.5. The van der Waals surface area contributed by atoms with E-state index in [2.05, 4.69) is 9.88 Å². The average Bonchev–Trinajstić information content (AvgIpc) is 2.55. The number of nitrogens with zero attached hydrogens (tertiary/aromatic N) is 2. The minimum atomic E-state index is 0.277. The van der Waals surface area contributed by atoms with Crippen molar-refractivity contribution in [2.75, 3.05) is 18.9 Å². The quantitative estimate of drug-likeness (QED) is 0.802. The number of aromatic nitrogens is 1. The number of fused-ring (bicyclic) bond motifs is 1. The van der Waals surface area contributed by atoms with E-state index in [-0.39, 0.29) is 12.0 Å². The molecule has 3 rings (SSSR count). The van der Waals surface area contributed by atoms with E-state index in [4.69, 9.17) is 4.74 Å². The molecule has 0 N–H and O–H groups in total. The van der Waals surface area contributed by atoms with Crippen molar-refractivity contribution < 1.29 is 9.53 Å². The van der Waals surface area contributed by atoms with Gasteiger partial charge in [-0.25, -0.2) is 4.98 Å². The van der Waals surface area contributed by atoms with Crippen LogP contribution in [0.5, 0.6) is 0 Å². The van der Waals surface area contributed by atoms with Crippen LogP contribution in [0.3, 0.4) is 0 Å². The predicted molar refractivity (Wildman–Crippen MR) is 83.3 cm³/mol. The fourth-order valence-electron chi connectivity index (χ4n) is 3.23. The average molecular weight is 306 g/mol. The largest absolute Gasteiger partial charge is 0.374 e. The maximum atomic E-state index is 12.5. The van der Waals surface area contributed by atoms with Gasteiger partial charge < -0.3 is 9.64 Å². The van der Waals surface area contributed by atoms with Gasteiger partial charge >= 0.3 is 0 Å². The first-order valence-electron chi connectivity index (χ1n) is 7.79. The molecular formula is C16H22N2O2S. The third-order valence-electron chi connectivity index (χ3n) is 4.26. The molecule has 1 saturated carbocycles. The summed E-state index contributed by atoms with van der Waals surface area (Å²) >= 11 is 1.65. The molecule has 1 aromatic rings. The Morgan fingerprint density at radius 1 is 1.38 bits per heavy atom. The molecule has 2 heterocycles. The molecular weight excluding hydrogens is 284 g/mol. The lowest BCUT2D eigenvalue weighted by Crippen LogP contribution is -2.54. The van der Waals surface area contributed by atoms with Crippen molar-refractivity contribution >= 4 is 17.7 Å². The van der Waals surface area contributed by atoms with Crippen molar-refractivity contribution in [2.45, 2.75) is 49.3 Å². The number of hydrogen-bond acceptors (Lipinski definition) is 4. The van der Waals surface area contributed by atoms with E-state index in [9.17, 15) is 4.79 Å². The molecule has 1 aliphatic heterocycles. The molecule has 0 bridgehead atoms. The lowest BCUT2D eigenvalue weighted by molar-refractivity contribution is -0.149. The molecule has 2 atom stereocenters. The molecule has 0 aromatic carbocycles. The van der Waals surface area contributed by atoms with Gasteiger partial charge in [0.05, 0.1) is 23.8 Å². The first-order chi connectivity index (χ1) is 10.3. The maximum absolute atomic E-state index is 12.5. The predicted octanol–water partition coefficient (Wildman–Crippen LogP) is 2.73. The summed E-state index contributed by atoms with van der Waals surface area (Å²) in [6, 6.07) is 6.19. The maximum Gasteiger partial charge on any atom is 0.223 e. The molecule has 0 unspecified atom stereocenters. The van der Waals surface area contributed by atoms with Crippen LogP contribution in [-0.2, 0) is 9.53 Å². The van der Waals surface area contributed by atoms with Gasteiger partial charge in [-0.1, -0.05) is 18.9 Å². The van der Waals surface area contributed by atoms with Crippen molar-refractivity contribution in [1.29, 1.82) is 0 Å². The molecule has 1 aliphatic carbocycles. The van der Waals surface area contributed by atoms with Crippen LogP contribution in [0.15, 0.2) is 29.4 Å². The van der Waals surface area contributed by atoms with Crippen LogP contribution in [0.1, 0.15) is 32.1 Å². The first-order valence-corrected chi connectivity index (χ1v) is 8.78. The number of pyridine rings is 1. The zero-order valence-corrected chi connectivity index (χ0v) is 13.1. The molecule has 21 heavy (non-hydrogen) atoms. The van der Waals surface area contributed by atoms with E-state index in [1.165, 1.54) is 12.8 Å². The van der Waals surface area contributed by atoms with Crippen LogP contribution >= 0.6 is 11.8 Å². The molecule has 2 fully saturated rings. The van der Waals surface area contributed by atoms with Crippen molar-refractivity contribution in [3.05, 3.63) is 24.4 Å². The number of hydrogen-bond donors (Lipinski definition) is 0. The molecule has 0 spiro atoms. The second-order valence-electron chi connectivity index (χ2n) is 5.61. The van der Waals surface area contributed by atoms with Crippen molar-refractivity contribution in [3.63, 3.8) is 0 Å². The molecule has 1 saturated heterocycles. The number of ether oxygens (including phenoxy) is 1. The van der Waals surface area contributed by atoms with E-state index in [0.717, 1.165) is 30.2 Å². The second-order valence-corrected chi connectivity index (χ2v) is 6.73. The van der Waals surface area contributed by atoms with Crippen LogP contribution in [0.4, 0.5) is 0 Å². The van der Waals surface area contributed by atoms with Crippen molar-refractivity contribution in [3.8, 4) is 0 Å². The second kappa shape index (κ2) is 7.27. The Balaban J connectivity index is 1.50. The summed E-state index contributed by atoms with van der Waals surface area (Å²) in [5.74, 6) is 1.07. The zero-order valence-electron chi connectivity index (χ0n) is 12.2. The smallest absolute Gasteiger partial charge is 0.223 e.